The smallest absolute Gasteiger partial charge is 0.369 e. The lowest BCUT2D eigenvalue weighted by Gasteiger charge is -2.25. The highest BCUT2D eigenvalue weighted by molar-refractivity contribution is 5.65. The molecule has 0 spiro atoms. The van der Waals surface area contributed by atoms with Crippen LogP contribution in [0.5, 0.6) is 5.75 Å². The minimum atomic E-state index is -5.41. The largest absolute Gasteiger partial charge is 0.493 e. The zero-order valence-electron chi connectivity index (χ0n) is 10.1. The first-order valence-electron chi connectivity index (χ1n) is 5.39. The van der Waals surface area contributed by atoms with Crippen molar-refractivity contribution >= 4 is 11.4 Å². The molecule has 0 amide bonds. The van der Waals surface area contributed by atoms with Crippen molar-refractivity contribution in [3.63, 3.8) is 0 Å². The van der Waals surface area contributed by atoms with E-state index < -0.39 is 31.3 Å². The van der Waals surface area contributed by atoms with Gasteiger partial charge in [0.1, 0.15) is 5.75 Å². The van der Waals surface area contributed by atoms with Gasteiger partial charge in [0, 0.05) is 6.07 Å². The third kappa shape index (κ3) is 3.40. The number of hydrogen-bond acceptors (Lipinski definition) is 3. The van der Waals surface area contributed by atoms with Crippen LogP contribution in [0.25, 0.3) is 0 Å². The molecule has 1 rings (SSSR count). The predicted molar refractivity (Wildman–Crippen MR) is 61.3 cm³/mol. The van der Waals surface area contributed by atoms with Gasteiger partial charge < -0.3 is 16.2 Å². The number of hydrogen-bond donors (Lipinski definition) is 2. The Morgan fingerprint density at radius 3 is 2.15 bits per heavy atom. The van der Waals surface area contributed by atoms with E-state index >= 15 is 0 Å². The SMILES string of the molecule is Nc1ccc(OCCC(F)(F)C(F)(F)C(F)F)cc1N. The lowest BCUT2D eigenvalue weighted by atomic mass is 10.1. The van der Waals surface area contributed by atoms with E-state index in [1.807, 2.05) is 0 Å². The molecule has 1 aromatic carbocycles. The predicted octanol–water partition coefficient (Wildman–Crippen LogP) is 3.16. The summed E-state index contributed by atoms with van der Waals surface area (Å²) in [5.74, 6) is -10.3. The molecule has 0 atom stereocenters. The summed E-state index contributed by atoms with van der Waals surface area (Å²) in [5.41, 5.74) is 11.2. The number of benzene rings is 1. The van der Waals surface area contributed by atoms with Gasteiger partial charge in [-0.05, 0) is 12.1 Å². The molecule has 1 aromatic rings. The average Bonchev–Trinajstić information content (AvgIpc) is 2.33. The van der Waals surface area contributed by atoms with Crippen molar-refractivity contribution in [2.45, 2.75) is 24.7 Å². The van der Waals surface area contributed by atoms with E-state index in [0.29, 0.717) is 0 Å². The third-order valence-corrected chi connectivity index (χ3v) is 2.50. The van der Waals surface area contributed by atoms with Crippen LogP contribution in [0.1, 0.15) is 6.42 Å². The second kappa shape index (κ2) is 5.68. The Bertz CT molecular complexity index is 466. The topological polar surface area (TPSA) is 61.3 Å². The van der Waals surface area contributed by atoms with Crippen LogP contribution in [0.3, 0.4) is 0 Å². The molecule has 4 N–H and O–H groups in total. The van der Waals surface area contributed by atoms with Crippen molar-refractivity contribution < 1.29 is 31.1 Å². The van der Waals surface area contributed by atoms with Crippen LogP contribution < -0.4 is 16.2 Å². The fourth-order valence-electron chi connectivity index (χ4n) is 1.27. The summed E-state index contributed by atoms with van der Waals surface area (Å²) in [7, 11) is 0. The number of ether oxygens (including phenoxy) is 1. The minimum absolute atomic E-state index is 0.0212. The molecule has 0 aliphatic rings. The van der Waals surface area contributed by atoms with Gasteiger partial charge in [0.15, 0.2) is 0 Å². The Kier molecular flexibility index (Phi) is 4.61. The Balaban J connectivity index is 2.61. The third-order valence-electron chi connectivity index (χ3n) is 2.50. The van der Waals surface area contributed by atoms with E-state index in [4.69, 9.17) is 16.2 Å². The number of halogens is 6. The van der Waals surface area contributed by atoms with Gasteiger partial charge in [0.05, 0.1) is 24.4 Å². The molecule has 9 heteroatoms. The zero-order valence-corrected chi connectivity index (χ0v) is 10.1. The molecular weight excluding hydrogens is 290 g/mol. The summed E-state index contributed by atoms with van der Waals surface area (Å²) in [6.07, 6.45) is -6.01. The number of nitrogen functional groups attached to an aromatic ring is 2. The van der Waals surface area contributed by atoms with Crippen LogP contribution in [-0.2, 0) is 0 Å². The summed E-state index contributed by atoms with van der Waals surface area (Å²) in [5, 5.41) is 0. The highest BCUT2D eigenvalue weighted by atomic mass is 19.3. The molecule has 20 heavy (non-hydrogen) atoms. The minimum Gasteiger partial charge on any atom is -0.493 e. The molecule has 0 heterocycles. The Morgan fingerprint density at radius 2 is 1.65 bits per heavy atom. The molecule has 0 unspecified atom stereocenters. The summed E-state index contributed by atoms with van der Waals surface area (Å²) in [6.45, 7) is -0.876. The van der Waals surface area contributed by atoms with Gasteiger partial charge in [0.2, 0.25) is 0 Å². The van der Waals surface area contributed by atoms with E-state index in [1.165, 1.54) is 18.2 Å². The average molecular weight is 302 g/mol. The van der Waals surface area contributed by atoms with Crippen LogP contribution in [0.15, 0.2) is 18.2 Å². The van der Waals surface area contributed by atoms with Gasteiger partial charge in [-0.2, -0.15) is 17.6 Å². The van der Waals surface area contributed by atoms with Gasteiger partial charge in [-0.1, -0.05) is 0 Å². The van der Waals surface area contributed by atoms with Crippen LogP contribution in [0.2, 0.25) is 0 Å². The second-order valence-electron chi connectivity index (χ2n) is 4.02. The van der Waals surface area contributed by atoms with Crippen molar-refractivity contribution in [3.05, 3.63) is 18.2 Å². The lowest BCUT2D eigenvalue weighted by Crippen LogP contribution is -2.47. The second-order valence-corrected chi connectivity index (χ2v) is 4.02. The fraction of sp³-hybridized carbons (Fsp3) is 0.455. The molecule has 0 fully saturated rings. The highest BCUT2D eigenvalue weighted by Crippen LogP contribution is 2.41. The van der Waals surface area contributed by atoms with Crippen molar-refractivity contribution in [3.8, 4) is 5.75 Å². The number of nitrogens with two attached hydrogens (primary N) is 2. The Hall–Kier alpha value is -1.80. The van der Waals surface area contributed by atoms with Crippen LogP contribution in [-0.4, -0.2) is 24.9 Å². The summed E-state index contributed by atoms with van der Waals surface area (Å²) < 4.78 is 79.5. The number of anilines is 2. The van der Waals surface area contributed by atoms with Gasteiger partial charge in [-0.15, -0.1) is 0 Å². The van der Waals surface area contributed by atoms with E-state index in [1.54, 1.807) is 0 Å². The Labute approximate surface area is 110 Å². The van der Waals surface area contributed by atoms with E-state index in [-0.39, 0.29) is 17.1 Å². The Morgan fingerprint density at radius 1 is 1.05 bits per heavy atom. The molecule has 0 saturated heterocycles. The monoisotopic (exact) mass is 302 g/mol. The maximum absolute atomic E-state index is 12.9. The number of alkyl halides is 6. The maximum Gasteiger partial charge on any atom is 0.369 e. The molecule has 0 aliphatic carbocycles. The lowest BCUT2D eigenvalue weighted by molar-refractivity contribution is -0.267. The standard InChI is InChI=1S/C11H12F6N2O/c12-9(13)11(16,17)10(14,15)3-4-20-6-1-2-7(18)8(19)5-6/h1-2,5,9H,3-4,18-19H2. The first-order valence-corrected chi connectivity index (χ1v) is 5.39. The van der Waals surface area contributed by atoms with E-state index in [9.17, 15) is 26.3 Å². The van der Waals surface area contributed by atoms with Crippen molar-refractivity contribution in [1.82, 2.24) is 0 Å². The molecule has 114 valence electrons. The molecule has 0 aromatic heterocycles. The first-order chi connectivity index (χ1) is 9.08. The summed E-state index contributed by atoms with van der Waals surface area (Å²) in [4.78, 5) is 0. The van der Waals surface area contributed by atoms with E-state index in [2.05, 4.69) is 0 Å². The quantitative estimate of drug-likeness (QED) is 0.627. The highest BCUT2D eigenvalue weighted by Gasteiger charge is 2.62. The summed E-state index contributed by atoms with van der Waals surface area (Å²) >= 11 is 0. The number of rotatable bonds is 6. The molecule has 0 bridgehead atoms. The van der Waals surface area contributed by atoms with Crippen molar-refractivity contribution in [2.75, 3.05) is 18.1 Å². The molecule has 0 radical (unpaired) electrons. The molecule has 3 nitrogen and oxygen atoms in total. The molecule has 0 saturated carbocycles. The maximum atomic E-state index is 12.9. The zero-order chi connectivity index (χ0) is 15.6. The van der Waals surface area contributed by atoms with Gasteiger partial charge in [-0.3, -0.25) is 0 Å². The molecular formula is C11H12F6N2O. The normalized spacial score (nSPS) is 12.8. The summed E-state index contributed by atoms with van der Waals surface area (Å²) in [6, 6.07) is 3.82. The van der Waals surface area contributed by atoms with Gasteiger partial charge in [-0.25, -0.2) is 8.78 Å². The van der Waals surface area contributed by atoms with Crippen LogP contribution in [0.4, 0.5) is 37.7 Å². The van der Waals surface area contributed by atoms with Crippen LogP contribution in [0, 0.1) is 0 Å². The van der Waals surface area contributed by atoms with Crippen molar-refractivity contribution in [2.24, 2.45) is 0 Å². The van der Waals surface area contributed by atoms with E-state index in [0.717, 1.165) is 0 Å². The van der Waals surface area contributed by atoms with Gasteiger partial charge in [0.25, 0.3) is 0 Å². The fourth-order valence-corrected chi connectivity index (χ4v) is 1.27. The van der Waals surface area contributed by atoms with Crippen LogP contribution >= 0.6 is 0 Å². The van der Waals surface area contributed by atoms with Gasteiger partial charge >= 0.3 is 18.3 Å². The van der Waals surface area contributed by atoms with Crippen molar-refractivity contribution in [1.29, 1.82) is 0 Å². The first kappa shape index (κ1) is 16.3. The molecule has 0 aliphatic heterocycles.